The number of likely N-dealkylation sites (N-methyl/N-ethyl adjacent to an activating group) is 1. The van der Waals surface area contributed by atoms with Crippen molar-refractivity contribution in [3.05, 3.63) is 90.5 Å². The summed E-state index contributed by atoms with van der Waals surface area (Å²) in [5.74, 6) is -1.18. The van der Waals surface area contributed by atoms with Crippen LogP contribution >= 0.6 is 0 Å². The number of rotatable bonds is 8. The molecular weight excluding hydrogens is 440 g/mol. The zero-order valence-corrected chi connectivity index (χ0v) is 19.5. The normalized spacial score (nSPS) is 12.0. The second kappa shape index (κ2) is 10.3. The molecule has 0 fully saturated rings. The fourth-order valence-electron chi connectivity index (χ4n) is 3.33. The molecule has 0 heterocycles. The summed E-state index contributed by atoms with van der Waals surface area (Å²) >= 11 is 0. The Labute approximate surface area is 194 Å². The summed E-state index contributed by atoms with van der Waals surface area (Å²) in [7, 11) is -2.31. The lowest BCUT2D eigenvalue weighted by Gasteiger charge is -2.23. The van der Waals surface area contributed by atoms with Crippen LogP contribution in [0.5, 0.6) is 0 Å². The number of nitrogens with zero attached hydrogens (tertiary/aromatic N) is 2. The van der Waals surface area contributed by atoms with Crippen molar-refractivity contribution < 1.29 is 22.7 Å². The zero-order chi connectivity index (χ0) is 24.0. The van der Waals surface area contributed by atoms with Gasteiger partial charge in [0, 0.05) is 19.3 Å². The van der Waals surface area contributed by atoms with Crippen LogP contribution in [0.15, 0.2) is 89.8 Å². The van der Waals surface area contributed by atoms with Gasteiger partial charge in [-0.2, -0.15) is 0 Å². The average molecular weight is 467 g/mol. The maximum atomic E-state index is 13.2. The monoisotopic (exact) mass is 466 g/mol. The van der Waals surface area contributed by atoms with Crippen molar-refractivity contribution in [3.63, 3.8) is 0 Å². The van der Waals surface area contributed by atoms with Crippen LogP contribution in [0.25, 0.3) is 0 Å². The van der Waals surface area contributed by atoms with Crippen molar-refractivity contribution in [3.8, 4) is 0 Å². The van der Waals surface area contributed by atoms with Crippen molar-refractivity contribution in [2.45, 2.75) is 24.8 Å². The van der Waals surface area contributed by atoms with Gasteiger partial charge in [0.05, 0.1) is 16.1 Å². The van der Waals surface area contributed by atoms with Crippen molar-refractivity contribution in [2.24, 2.45) is 0 Å². The fourth-order valence-corrected chi connectivity index (χ4v) is 4.85. The van der Waals surface area contributed by atoms with Gasteiger partial charge in [-0.05, 0) is 56.3 Å². The molecule has 0 aliphatic carbocycles. The first kappa shape index (κ1) is 24.0. The quantitative estimate of drug-likeness (QED) is 0.467. The van der Waals surface area contributed by atoms with Crippen molar-refractivity contribution in [1.82, 2.24) is 0 Å². The van der Waals surface area contributed by atoms with Gasteiger partial charge in [0.1, 0.15) is 0 Å². The van der Waals surface area contributed by atoms with Gasteiger partial charge < -0.3 is 9.64 Å². The molecule has 8 heteroatoms. The van der Waals surface area contributed by atoms with Crippen LogP contribution in [0, 0.1) is 0 Å². The lowest BCUT2D eigenvalue weighted by molar-refractivity contribution is -0.126. The molecule has 0 bridgehead atoms. The summed E-state index contributed by atoms with van der Waals surface area (Å²) in [6.07, 6.45) is -1.06. The summed E-state index contributed by atoms with van der Waals surface area (Å²) in [5.41, 5.74) is 1.23. The molecule has 7 nitrogen and oxygen atoms in total. The lowest BCUT2D eigenvalue weighted by atomic mass is 10.2. The van der Waals surface area contributed by atoms with Gasteiger partial charge in [0.25, 0.3) is 15.9 Å². The molecule has 0 aliphatic heterocycles. The average Bonchev–Trinajstić information content (AvgIpc) is 2.84. The number of carbonyl (C=O) groups is 2. The molecule has 0 saturated heterocycles. The first-order valence-electron chi connectivity index (χ1n) is 10.5. The molecule has 3 aromatic carbocycles. The molecule has 0 saturated carbocycles. The van der Waals surface area contributed by atoms with Crippen LogP contribution in [0.1, 0.15) is 24.2 Å². The standard InChI is InChI=1S/C25H26N2O5S/c1-4-27(22-15-9-6-10-16-22)33(30,31)23-17-11-12-20(18-23)25(29)32-19(2)24(28)26(3)21-13-7-5-8-14-21/h5-19H,4H2,1-3H3. The van der Waals surface area contributed by atoms with Crippen molar-refractivity contribution in [1.29, 1.82) is 0 Å². The van der Waals surface area contributed by atoms with E-state index in [1.54, 1.807) is 68.6 Å². The predicted octanol–water partition coefficient (Wildman–Crippen LogP) is 4.11. The molecule has 0 N–H and O–H groups in total. The maximum absolute atomic E-state index is 13.2. The van der Waals surface area contributed by atoms with Gasteiger partial charge in [0.15, 0.2) is 6.10 Å². The van der Waals surface area contributed by atoms with Crippen LogP contribution in [-0.2, 0) is 19.6 Å². The highest BCUT2D eigenvalue weighted by Crippen LogP contribution is 2.24. The van der Waals surface area contributed by atoms with E-state index in [2.05, 4.69) is 0 Å². The first-order chi connectivity index (χ1) is 15.8. The number of amides is 1. The number of sulfonamides is 1. The van der Waals surface area contributed by atoms with E-state index in [1.807, 2.05) is 6.07 Å². The van der Waals surface area contributed by atoms with Crippen LogP contribution in [0.4, 0.5) is 11.4 Å². The first-order valence-corrected chi connectivity index (χ1v) is 11.9. The summed E-state index contributed by atoms with van der Waals surface area (Å²) in [6, 6.07) is 23.3. The van der Waals surface area contributed by atoms with Gasteiger partial charge in [-0.1, -0.05) is 42.5 Å². The number of ether oxygens (including phenoxy) is 1. The topological polar surface area (TPSA) is 84.0 Å². The van der Waals surface area contributed by atoms with E-state index in [0.717, 1.165) is 0 Å². The highest BCUT2D eigenvalue weighted by atomic mass is 32.2. The molecule has 33 heavy (non-hydrogen) atoms. The van der Waals surface area contributed by atoms with Gasteiger partial charge in [0.2, 0.25) is 0 Å². The van der Waals surface area contributed by atoms with Crippen molar-refractivity contribution in [2.75, 3.05) is 22.8 Å². The molecule has 3 aromatic rings. The Kier molecular flexibility index (Phi) is 7.50. The van der Waals surface area contributed by atoms with Crippen LogP contribution in [0.3, 0.4) is 0 Å². The van der Waals surface area contributed by atoms with Crippen LogP contribution < -0.4 is 9.21 Å². The second-order valence-corrected chi connectivity index (χ2v) is 9.18. The molecule has 1 amide bonds. The number of hydrogen-bond acceptors (Lipinski definition) is 5. The Hall–Kier alpha value is -3.65. The summed E-state index contributed by atoms with van der Waals surface area (Å²) in [4.78, 5) is 26.7. The molecule has 0 spiro atoms. The Balaban J connectivity index is 1.78. The van der Waals surface area contributed by atoms with E-state index in [0.29, 0.717) is 11.4 Å². The number of carbonyl (C=O) groups excluding carboxylic acids is 2. The zero-order valence-electron chi connectivity index (χ0n) is 18.7. The number of esters is 1. The largest absolute Gasteiger partial charge is 0.449 e. The third-order valence-electron chi connectivity index (χ3n) is 5.09. The molecule has 1 unspecified atom stereocenters. The highest BCUT2D eigenvalue weighted by Gasteiger charge is 2.26. The number of benzene rings is 3. The third kappa shape index (κ3) is 5.40. The molecule has 0 radical (unpaired) electrons. The third-order valence-corrected chi connectivity index (χ3v) is 6.99. The molecular formula is C25H26N2O5S. The predicted molar refractivity (Wildman–Crippen MR) is 128 cm³/mol. The number of hydrogen-bond donors (Lipinski definition) is 0. The minimum Gasteiger partial charge on any atom is -0.449 e. The van der Waals surface area contributed by atoms with Crippen LogP contribution in [-0.4, -0.2) is 40.0 Å². The molecule has 0 aromatic heterocycles. The van der Waals surface area contributed by atoms with E-state index >= 15 is 0 Å². The Bertz CT molecular complexity index is 1210. The Morgan fingerprint density at radius 2 is 1.45 bits per heavy atom. The van der Waals surface area contributed by atoms with Gasteiger partial charge in [-0.3, -0.25) is 9.10 Å². The van der Waals surface area contributed by atoms with E-state index in [9.17, 15) is 18.0 Å². The van der Waals surface area contributed by atoms with E-state index in [4.69, 9.17) is 4.74 Å². The Morgan fingerprint density at radius 3 is 2.03 bits per heavy atom. The van der Waals surface area contributed by atoms with Crippen molar-refractivity contribution >= 4 is 33.3 Å². The minimum atomic E-state index is -3.90. The summed E-state index contributed by atoms with van der Waals surface area (Å²) in [6.45, 7) is 3.44. The second-order valence-electron chi connectivity index (χ2n) is 7.31. The van der Waals surface area contributed by atoms with E-state index in [-0.39, 0.29) is 17.0 Å². The van der Waals surface area contributed by atoms with Gasteiger partial charge in [-0.25, -0.2) is 13.2 Å². The molecule has 1 atom stereocenters. The summed E-state index contributed by atoms with van der Waals surface area (Å²) in [5, 5.41) is 0. The SMILES string of the molecule is CCN(c1ccccc1)S(=O)(=O)c1cccc(C(=O)OC(C)C(=O)N(C)c2ccccc2)c1. The summed E-state index contributed by atoms with van der Waals surface area (Å²) < 4.78 is 33.1. The van der Waals surface area contributed by atoms with Crippen LogP contribution in [0.2, 0.25) is 0 Å². The minimum absolute atomic E-state index is 0.0389. The number of para-hydroxylation sites is 2. The van der Waals surface area contributed by atoms with E-state index < -0.39 is 28.0 Å². The molecule has 0 aliphatic rings. The van der Waals surface area contributed by atoms with Gasteiger partial charge >= 0.3 is 5.97 Å². The highest BCUT2D eigenvalue weighted by molar-refractivity contribution is 7.92. The molecule has 3 rings (SSSR count). The smallest absolute Gasteiger partial charge is 0.338 e. The Morgan fingerprint density at radius 1 is 0.879 bits per heavy atom. The fraction of sp³-hybridized carbons (Fsp3) is 0.200. The lowest BCUT2D eigenvalue weighted by Crippen LogP contribution is -2.37. The molecule has 172 valence electrons. The van der Waals surface area contributed by atoms with Gasteiger partial charge in [-0.15, -0.1) is 0 Å². The number of anilines is 2. The maximum Gasteiger partial charge on any atom is 0.338 e. The van der Waals surface area contributed by atoms with E-state index in [1.165, 1.54) is 40.4 Å².